The summed E-state index contributed by atoms with van der Waals surface area (Å²) in [4.78, 5) is 1.23. The van der Waals surface area contributed by atoms with Gasteiger partial charge in [-0.1, -0.05) is 28.1 Å². The average Bonchev–Trinajstić information content (AvgIpc) is 2.18. The molecule has 0 aliphatic carbocycles. The molecule has 102 valence electrons. The molecule has 2 unspecified atom stereocenters. The minimum Gasteiger partial charge on any atom is -0.326 e. The Bertz CT molecular complexity index is 376. The molecule has 2 nitrogen and oxygen atoms in total. The van der Waals surface area contributed by atoms with Crippen molar-refractivity contribution in [3.63, 3.8) is 0 Å². The highest BCUT2D eigenvalue weighted by Crippen LogP contribution is 2.27. The summed E-state index contributed by atoms with van der Waals surface area (Å²) >= 11 is 3.29. The predicted octanol–water partition coefficient (Wildman–Crippen LogP) is 3.33. The van der Waals surface area contributed by atoms with E-state index in [2.05, 4.69) is 15.9 Å². The van der Waals surface area contributed by atoms with Crippen molar-refractivity contribution in [1.82, 2.24) is 4.90 Å². The van der Waals surface area contributed by atoms with E-state index in [1.165, 1.54) is 11.9 Å². The quantitative estimate of drug-likeness (QED) is 0.920. The standard InChI is InChI=1S/C12H16BrF3N2/c1-8(17)11(18(2)7-12(14,15)16)9-3-5-10(13)6-4-9/h3-6,8,11H,7,17H2,1-2H3. The lowest BCUT2D eigenvalue weighted by Gasteiger charge is -2.32. The van der Waals surface area contributed by atoms with Crippen molar-refractivity contribution >= 4 is 15.9 Å². The lowest BCUT2D eigenvalue weighted by Crippen LogP contribution is -2.41. The predicted molar refractivity (Wildman–Crippen MR) is 69.2 cm³/mol. The molecule has 1 rings (SSSR count). The van der Waals surface area contributed by atoms with E-state index in [9.17, 15) is 13.2 Å². The van der Waals surface area contributed by atoms with E-state index in [0.717, 1.165) is 10.0 Å². The first kappa shape index (κ1) is 15.5. The van der Waals surface area contributed by atoms with Gasteiger partial charge in [-0.15, -0.1) is 0 Å². The van der Waals surface area contributed by atoms with Gasteiger partial charge in [0.2, 0.25) is 0 Å². The van der Waals surface area contributed by atoms with Crippen molar-refractivity contribution in [3.05, 3.63) is 34.3 Å². The van der Waals surface area contributed by atoms with Crippen LogP contribution in [-0.4, -0.2) is 30.7 Å². The zero-order valence-electron chi connectivity index (χ0n) is 10.2. The highest BCUT2D eigenvalue weighted by molar-refractivity contribution is 9.10. The van der Waals surface area contributed by atoms with Gasteiger partial charge in [-0.05, 0) is 31.7 Å². The van der Waals surface area contributed by atoms with Crippen LogP contribution < -0.4 is 5.73 Å². The Labute approximate surface area is 113 Å². The van der Waals surface area contributed by atoms with Crippen LogP contribution in [-0.2, 0) is 0 Å². The van der Waals surface area contributed by atoms with E-state index in [1.54, 1.807) is 31.2 Å². The summed E-state index contributed by atoms with van der Waals surface area (Å²) in [7, 11) is 1.43. The van der Waals surface area contributed by atoms with E-state index < -0.39 is 24.8 Å². The summed E-state index contributed by atoms with van der Waals surface area (Å²) in [5.41, 5.74) is 6.58. The minimum absolute atomic E-state index is 0.390. The number of benzene rings is 1. The van der Waals surface area contributed by atoms with E-state index >= 15 is 0 Å². The molecule has 0 radical (unpaired) electrons. The Balaban J connectivity index is 2.92. The fourth-order valence-corrected chi connectivity index (χ4v) is 2.26. The molecule has 0 aliphatic rings. The molecule has 0 bridgehead atoms. The van der Waals surface area contributed by atoms with Crippen molar-refractivity contribution in [2.24, 2.45) is 5.73 Å². The number of nitrogens with zero attached hydrogens (tertiary/aromatic N) is 1. The van der Waals surface area contributed by atoms with Crippen LogP contribution in [0.15, 0.2) is 28.7 Å². The molecule has 1 aromatic carbocycles. The number of hydrogen-bond acceptors (Lipinski definition) is 2. The molecule has 0 saturated heterocycles. The van der Waals surface area contributed by atoms with E-state index in [1.807, 2.05) is 0 Å². The molecular weight excluding hydrogens is 309 g/mol. The summed E-state index contributed by atoms with van der Waals surface area (Å²) < 4.78 is 38.1. The van der Waals surface area contributed by atoms with Gasteiger partial charge in [0, 0.05) is 16.6 Å². The van der Waals surface area contributed by atoms with Crippen molar-refractivity contribution in [1.29, 1.82) is 0 Å². The number of alkyl halides is 3. The number of nitrogens with two attached hydrogens (primary N) is 1. The lowest BCUT2D eigenvalue weighted by atomic mass is 10.00. The molecule has 0 fully saturated rings. The van der Waals surface area contributed by atoms with Crippen LogP contribution in [0.2, 0.25) is 0 Å². The van der Waals surface area contributed by atoms with Gasteiger partial charge in [-0.3, -0.25) is 4.90 Å². The van der Waals surface area contributed by atoms with Crippen LogP contribution in [0.1, 0.15) is 18.5 Å². The third-order valence-corrected chi connectivity index (χ3v) is 3.14. The minimum atomic E-state index is -4.22. The van der Waals surface area contributed by atoms with E-state index in [-0.39, 0.29) is 0 Å². The van der Waals surface area contributed by atoms with Gasteiger partial charge in [-0.25, -0.2) is 0 Å². The van der Waals surface area contributed by atoms with Gasteiger partial charge in [-0.2, -0.15) is 13.2 Å². The highest BCUT2D eigenvalue weighted by Gasteiger charge is 2.33. The van der Waals surface area contributed by atoms with Crippen molar-refractivity contribution in [2.45, 2.75) is 25.2 Å². The summed E-state index contributed by atoms with van der Waals surface area (Å²) in [6.45, 7) is 0.731. The Kier molecular flexibility index (Phi) is 5.19. The first-order valence-corrected chi connectivity index (χ1v) is 6.28. The van der Waals surface area contributed by atoms with Crippen molar-refractivity contribution in [3.8, 4) is 0 Å². The van der Waals surface area contributed by atoms with Crippen molar-refractivity contribution in [2.75, 3.05) is 13.6 Å². The SMILES string of the molecule is CC(N)C(c1ccc(Br)cc1)N(C)CC(F)(F)F. The van der Waals surface area contributed by atoms with Crippen LogP contribution in [0.4, 0.5) is 13.2 Å². The number of rotatable bonds is 4. The summed E-state index contributed by atoms with van der Waals surface area (Å²) in [5.74, 6) is 0. The fourth-order valence-electron chi connectivity index (χ4n) is 2.00. The molecule has 18 heavy (non-hydrogen) atoms. The van der Waals surface area contributed by atoms with Gasteiger partial charge in [0.1, 0.15) is 0 Å². The summed E-state index contributed by atoms with van der Waals surface area (Å²) in [5, 5.41) is 0. The largest absolute Gasteiger partial charge is 0.401 e. The maximum atomic E-state index is 12.4. The number of hydrogen-bond donors (Lipinski definition) is 1. The Hall–Kier alpha value is -0.590. The van der Waals surface area contributed by atoms with Gasteiger partial charge in [0.05, 0.1) is 6.54 Å². The average molecular weight is 325 g/mol. The van der Waals surface area contributed by atoms with Crippen LogP contribution >= 0.6 is 15.9 Å². The normalized spacial score (nSPS) is 15.8. The second-order valence-corrected chi connectivity index (χ2v) is 5.30. The maximum Gasteiger partial charge on any atom is 0.401 e. The molecule has 2 N–H and O–H groups in total. The lowest BCUT2D eigenvalue weighted by molar-refractivity contribution is -0.148. The van der Waals surface area contributed by atoms with Gasteiger partial charge < -0.3 is 5.73 Å². The van der Waals surface area contributed by atoms with E-state index in [0.29, 0.717) is 0 Å². The Morgan fingerprint density at radius 2 is 1.78 bits per heavy atom. The maximum absolute atomic E-state index is 12.4. The highest BCUT2D eigenvalue weighted by atomic mass is 79.9. The summed E-state index contributed by atoms with van der Waals surface area (Å²) in [6, 6.07) is 6.31. The van der Waals surface area contributed by atoms with E-state index in [4.69, 9.17) is 5.73 Å². The first-order valence-electron chi connectivity index (χ1n) is 5.49. The number of halogens is 4. The second-order valence-electron chi connectivity index (χ2n) is 4.39. The molecule has 0 heterocycles. The third kappa shape index (κ3) is 4.59. The number of likely N-dealkylation sites (N-methyl/N-ethyl adjacent to an activating group) is 1. The molecule has 0 aromatic heterocycles. The molecule has 0 aliphatic heterocycles. The van der Waals surface area contributed by atoms with Crippen LogP contribution in [0.25, 0.3) is 0 Å². The first-order chi connectivity index (χ1) is 8.20. The molecule has 1 aromatic rings. The molecule has 2 atom stereocenters. The Morgan fingerprint density at radius 3 is 2.17 bits per heavy atom. The monoisotopic (exact) mass is 324 g/mol. The van der Waals surface area contributed by atoms with Gasteiger partial charge in [0.25, 0.3) is 0 Å². The third-order valence-electron chi connectivity index (χ3n) is 2.61. The zero-order chi connectivity index (χ0) is 13.9. The van der Waals surface area contributed by atoms with Crippen LogP contribution in [0, 0.1) is 0 Å². The molecule has 6 heteroatoms. The fraction of sp³-hybridized carbons (Fsp3) is 0.500. The molecule has 0 saturated carbocycles. The smallest absolute Gasteiger partial charge is 0.326 e. The molecule has 0 spiro atoms. The van der Waals surface area contributed by atoms with Crippen LogP contribution in [0.3, 0.4) is 0 Å². The van der Waals surface area contributed by atoms with Crippen LogP contribution in [0.5, 0.6) is 0 Å². The van der Waals surface area contributed by atoms with Gasteiger partial charge >= 0.3 is 6.18 Å². The topological polar surface area (TPSA) is 29.3 Å². The second kappa shape index (κ2) is 6.04. The Morgan fingerprint density at radius 1 is 1.28 bits per heavy atom. The summed E-state index contributed by atoms with van der Waals surface area (Å²) in [6.07, 6.45) is -4.22. The van der Waals surface area contributed by atoms with Gasteiger partial charge in [0.15, 0.2) is 0 Å². The molecule has 0 amide bonds. The molecular formula is C12H16BrF3N2. The van der Waals surface area contributed by atoms with Crippen molar-refractivity contribution < 1.29 is 13.2 Å². The zero-order valence-corrected chi connectivity index (χ0v) is 11.8.